The van der Waals surface area contributed by atoms with Gasteiger partial charge >= 0.3 is 24.1 Å². The number of carbonyl (C=O) groups excluding carboxylic acids is 4. The van der Waals surface area contributed by atoms with Crippen molar-refractivity contribution in [3.05, 3.63) is 187 Å². The van der Waals surface area contributed by atoms with Crippen LogP contribution in [-0.2, 0) is 28.3 Å². The smallest absolute Gasteiger partial charge is 0.328 e. The molecule has 680 valence electrons. The van der Waals surface area contributed by atoms with E-state index in [-0.39, 0.29) is 63.4 Å². The largest absolute Gasteiger partial charge is 0.392 e. The number of anilines is 12. The van der Waals surface area contributed by atoms with Crippen LogP contribution >= 0.6 is 0 Å². The molecule has 8 aliphatic rings. The lowest BCUT2D eigenvalue weighted by atomic mass is 9.93. The average molecular weight is 1810 g/mol. The second-order valence-electron chi connectivity index (χ2n) is 36.6. The van der Waals surface area contributed by atoms with E-state index in [2.05, 4.69) is 164 Å². The van der Waals surface area contributed by atoms with E-state index in [9.17, 15) is 28.7 Å². The molecule has 0 bridgehead atoms. The standard InChI is InChI=1S/C24H24FN7O2.C24H22N8O2.C24H25N7O3.C21H21N9O2/c1-24(7-8-24)18-10-19(34-31-18)30-23(33)29-17-6-5-13(9-16(17)25)15-11-32(14-3-2-4-14)22-20(15)21(26)27-12-28-22;1-24(7-8-24)18-10-19(34-31-18)30-23(33)29-16-6-3-13(9-17(16)26-2)15-11-32(14-4-5-14)22-20(15)21(25)27-12-28-22;1-24(6-7-24)18-9-19(34-30-18)29-23(33)28-17-5-2-13(8-14(17)11-32)16-10-31(15-3-4-15)22-20(16)21(25)26-12-27-22;1-21(4-5-21)14-6-15(32-29-14)27-20(31)28-19-23-7-11(8-24-19)13-9-30(12-2-3-12)18-16(13)17(22)25-10-26-18/h5-6,9-12,14H,2-4,7-8H2,1H3,(H2,26,27,28)(H2,29,30,33);3,6,9-12,14H,4-5,7-8H2,1H3,(H2,25,27,28)(H2,29,30,33);2,5,8-10,12,15,32H,3-4,6-7,11H2,1H3,(H2,25,26,27)(H2,28,29,33);6-10,12H,2-5H2,1H3,(H2,22,25,26)(H2,23,24,27,28,31). The second-order valence-corrected chi connectivity index (χ2v) is 36.6. The fourth-order valence-corrected chi connectivity index (χ4v) is 16.7. The first-order chi connectivity index (χ1) is 64.8. The molecule has 0 unspecified atom stereocenters. The van der Waals surface area contributed by atoms with Gasteiger partial charge < -0.3 is 80.4 Å². The van der Waals surface area contributed by atoms with Gasteiger partial charge in [0.05, 0.1) is 63.2 Å². The Bertz CT molecular complexity index is 7370. The van der Waals surface area contributed by atoms with Gasteiger partial charge in [-0.1, -0.05) is 66.5 Å². The number of aromatic nitrogens is 18. The number of nitrogen functional groups attached to an aromatic ring is 4. The lowest BCUT2D eigenvalue weighted by Crippen LogP contribution is -2.20. The normalized spacial score (nSPS) is 16.6. The molecule has 13 heterocycles. The van der Waals surface area contributed by atoms with E-state index in [0.29, 0.717) is 81.0 Å². The highest BCUT2D eigenvalue weighted by Gasteiger charge is 2.46. The zero-order valence-electron chi connectivity index (χ0n) is 73.2. The Hall–Kier alpha value is -16.3. The lowest BCUT2D eigenvalue weighted by Gasteiger charge is -2.27. The number of aliphatic hydroxyl groups excluding tert-OH is 1. The number of carbonyl (C=O) groups is 4. The lowest BCUT2D eigenvalue weighted by molar-refractivity contribution is 0.260. The van der Waals surface area contributed by atoms with Crippen molar-refractivity contribution >= 4 is 144 Å². The molecule has 0 radical (unpaired) electrons. The van der Waals surface area contributed by atoms with Gasteiger partial charge in [0.2, 0.25) is 35.2 Å². The fraction of sp³-hybridized carbons (Fsp3) is 0.323. The van der Waals surface area contributed by atoms with Crippen LogP contribution in [0.2, 0.25) is 0 Å². The minimum absolute atomic E-state index is 0.0258. The molecule has 8 aliphatic carbocycles. The number of halogens is 1. The van der Waals surface area contributed by atoms with E-state index >= 15 is 0 Å². The maximum Gasteiger partial charge on any atom is 0.328 e. The van der Waals surface area contributed by atoms with Crippen molar-refractivity contribution in [3.8, 4) is 44.5 Å². The zero-order chi connectivity index (χ0) is 92.2. The number of hydrogen-bond acceptors (Lipinski definition) is 27. The number of nitrogens with two attached hydrogens (primary N) is 4. The molecule has 8 fully saturated rings. The maximum absolute atomic E-state index is 15.0. The van der Waals surface area contributed by atoms with Crippen LogP contribution in [0.5, 0.6) is 0 Å². The summed E-state index contributed by atoms with van der Waals surface area (Å²) in [4.78, 5) is 96.3. The van der Waals surface area contributed by atoms with Crippen LogP contribution < -0.4 is 65.5 Å². The summed E-state index contributed by atoms with van der Waals surface area (Å²) in [5.41, 5.74) is 39.7. The van der Waals surface area contributed by atoms with Crippen LogP contribution in [0.3, 0.4) is 0 Å². The van der Waals surface area contributed by atoms with E-state index in [0.717, 1.165) is 203 Å². The van der Waals surface area contributed by atoms with Crippen molar-refractivity contribution in [2.24, 2.45) is 0 Å². The third kappa shape index (κ3) is 17.0. The summed E-state index contributed by atoms with van der Waals surface area (Å²) in [7, 11) is 0. The molecular formula is C93H92FN31O9. The molecule has 17 N–H and O–H groups in total. The average Bonchev–Trinajstić information content (AvgIpc) is 1.60. The first-order valence-electron chi connectivity index (χ1n) is 44.3. The second kappa shape index (κ2) is 33.3. The molecule has 0 atom stereocenters. The number of hydrogen-bond donors (Lipinski definition) is 13. The quantitative estimate of drug-likeness (QED) is 0.0297. The van der Waals surface area contributed by atoms with Gasteiger partial charge in [0.25, 0.3) is 0 Å². The van der Waals surface area contributed by atoms with Gasteiger partial charge in [0.15, 0.2) is 0 Å². The van der Waals surface area contributed by atoms with E-state index in [1.54, 1.807) is 60.9 Å². The molecule has 8 saturated carbocycles. The van der Waals surface area contributed by atoms with Crippen molar-refractivity contribution in [2.75, 3.05) is 65.5 Å². The molecule has 24 rings (SSSR count). The fourth-order valence-electron chi connectivity index (χ4n) is 16.7. The predicted octanol–water partition coefficient (Wildman–Crippen LogP) is 18.2. The zero-order valence-corrected chi connectivity index (χ0v) is 73.2. The summed E-state index contributed by atoms with van der Waals surface area (Å²) >= 11 is 0. The van der Waals surface area contributed by atoms with Crippen LogP contribution in [0.25, 0.3) is 93.5 Å². The summed E-state index contributed by atoms with van der Waals surface area (Å²) in [6.45, 7) is 15.8. The van der Waals surface area contributed by atoms with Gasteiger partial charge in [0, 0.05) is 152 Å². The monoisotopic (exact) mass is 1810 g/mol. The molecular weight excluding hydrogens is 1710 g/mol. The van der Waals surface area contributed by atoms with Gasteiger partial charge in [-0.3, -0.25) is 26.6 Å². The van der Waals surface area contributed by atoms with Gasteiger partial charge in [-0.25, -0.2) is 78.3 Å². The predicted molar refractivity (Wildman–Crippen MR) is 498 cm³/mol. The molecule has 13 aromatic heterocycles. The number of nitrogens with one attached hydrogen (secondary N) is 8. The molecule has 8 amide bonds. The van der Waals surface area contributed by atoms with Crippen LogP contribution in [0, 0.1) is 12.4 Å². The summed E-state index contributed by atoms with van der Waals surface area (Å²) in [5.74, 6) is 2.23. The summed E-state index contributed by atoms with van der Waals surface area (Å²) < 4.78 is 44.4. The number of aliphatic hydroxyl groups is 1. The number of nitrogens with zero attached hydrogens (tertiary/aromatic N) is 19. The van der Waals surface area contributed by atoms with Crippen molar-refractivity contribution in [1.82, 2.24) is 88.7 Å². The van der Waals surface area contributed by atoms with E-state index in [1.807, 2.05) is 43.0 Å². The molecule has 40 nitrogen and oxygen atoms in total. The van der Waals surface area contributed by atoms with Crippen molar-refractivity contribution in [1.29, 1.82) is 0 Å². The molecule has 16 aromatic rings. The summed E-state index contributed by atoms with van der Waals surface area (Å²) in [6.07, 6.45) is 35.7. The summed E-state index contributed by atoms with van der Waals surface area (Å²) in [6, 6.07) is 21.9. The minimum Gasteiger partial charge on any atom is -0.392 e. The number of rotatable bonds is 21. The highest BCUT2D eigenvalue weighted by atomic mass is 19.1. The first-order valence-corrected chi connectivity index (χ1v) is 44.3. The van der Waals surface area contributed by atoms with Crippen molar-refractivity contribution in [3.63, 3.8) is 0 Å². The molecule has 3 aromatic carbocycles. The van der Waals surface area contributed by atoms with Gasteiger partial charge in [0.1, 0.15) is 77.0 Å². The molecule has 134 heavy (non-hydrogen) atoms. The Balaban J connectivity index is 0.000000107. The Labute approximate surface area is 761 Å². The van der Waals surface area contributed by atoms with Gasteiger partial charge in [-0.05, 0) is 162 Å². The Morgan fingerprint density at radius 3 is 1.04 bits per heavy atom. The summed E-state index contributed by atoms with van der Waals surface area (Å²) in [5, 5.41) is 50.3. The third-order valence-corrected chi connectivity index (χ3v) is 26.5. The van der Waals surface area contributed by atoms with Crippen molar-refractivity contribution < 1.29 is 46.8 Å². The van der Waals surface area contributed by atoms with Crippen LogP contribution in [-0.4, -0.2) is 118 Å². The maximum atomic E-state index is 15.0. The number of benzene rings is 3. The highest BCUT2D eigenvalue weighted by molar-refractivity contribution is 6.07. The topological polar surface area (TPSA) is 546 Å². The third-order valence-electron chi connectivity index (χ3n) is 26.5. The number of urea groups is 4. The molecule has 0 saturated heterocycles. The van der Waals surface area contributed by atoms with Crippen LogP contribution in [0.15, 0.2) is 159 Å². The number of amides is 8. The van der Waals surface area contributed by atoms with Crippen LogP contribution in [0.1, 0.15) is 189 Å². The molecule has 0 aliphatic heterocycles. The molecule has 41 heteroatoms. The van der Waals surface area contributed by atoms with Crippen molar-refractivity contribution in [2.45, 2.75) is 189 Å². The minimum atomic E-state index is -0.616. The highest BCUT2D eigenvalue weighted by Crippen LogP contribution is 2.53. The Morgan fingerprint density at radius 2 is 0.716 bits per heavy atom. The van der Waals surface area contributed by atoms with Gasteiger partial charge in [-0.15, -0.1) is 0 Å². The van der Waals surface area contributed by atoms with E-state index in [1.165, 1.54) is 43.9 Å². The van der Waals surface area contributed by atoms with E-state index in [4.69, 9.17) is 47.6 Å². The van der Waals surface area contributed by atoms with Crippen LogP contribution in [0.4, 0.5) is 99.1 Å². The SMILES string of the molecule is CC1(c2cc(NC(=O)Nc3ccc(-c4cn(C5CC5)c5ncnc(N)c45)cc3CO)on2)CC1.CC1(c2cc(NC(=O)Nc3ccc(-c4cn(C5CCC5)c5ncnc(N)c45)cc3F)on2)CC1.CC1(c2cc(NC(=O)Nc3ncc(-c4cn(C5CC5)c5ncnc(N)c45)cn3)on2)CC1.[C-]#[N+]c1cc(-c2cn(C3CC3)c3ncnc(N)c23)ccc1NC(=O)Nc1cc(C2(C)CC2)no1. The molecule has 0 spiro atoms. The van der Waals surface area contributed by atoms with E-state index < -0.39 is 29.9 Å². The Kier molecular flexibility index (Phi) is 21.0. The first kappa shape index (κ1) is 84.6. The number of fused-ring (bicyclic) bond motifs is 4. The van der Waals surface area contributed by atoms with Gasteiger partial charge in [-0.2, -0.15) is 0 Å². The Morgan fingerprint density at radius 1 is 0.403 bits per heavy atom.